The van der Waals surface area contributed by atoms with E-state index < -0.39 is 0 Å². The maximum Gasteiger partial charge on any atom is 0.257 e. The molecule has 7 nitrogen and oxygen atoms in total. The predicted octanol–water partition coefficient (Wildman–Crippen LogP) is 2.39. The Bertz CT molecular complexity index is 862. The van der Waals surface area contributed by atoms with Crippen molar-refractivity contribution in [1.82, 2.24) is 19.9 Å². The van der Waals surface area contributed by atoms with E-state index in [1.54, 1.807) is 10.7 Å². The minimum absolute atomic E-state index is 0.223. The number of amides is 1. The molecule has 3 aromatic heterocycles. The summed E-state index contributed by atoms with van der Waals surface area (Å²) in [5.74, 6) is 0.627. The van der Waals surface area contributed by atoms with Crippen LogP contribution in [-0.2, 0) is 7.05 Å². The summed E-state index contributed by atoms with van der Waals surface area (Å²) >= 11 is 0. The Morgan fingerprint density at radius 3 is 2.95 bits per heavy atom. The molecule has 0 atom stereocenters. The minimum atomic E-state index is -0.223. The molecule has 1 amide bonds. The van der Waals surface area contributed by atoms with E-state index in [4.69, 9.17) is 4.52 Å². The fourth-order valence-corrected chi connectivity index (χ4v) is 2.69. The topological polar surface area (TPSA) is 85.8 Å². The van der Waals surface area contributed by atoms with Gasteiger partial charge in [0.15, 0.2) is 11.5 Å². The first-order valence-corrected chi connectivity index (χ1v) is 7.19. The summed E-state index contributed by atoms with van der Waals surface area (Å²) in [7, 11) is 1.85. The van der Waals surface area contributed by atoms with Crippen LogP contribution in [0, 0.1) is 6.92 Å². The smallest absolute Gasteiger partial charge is 0.257 e. The number of rotatable bonds is 3. The van der Waals surface area contributed by atoms with Gasteiger partial charge in [0.25, 0.3) is 5.91 Å². The van der Waals surface area contributed by atoms with Crippen molar-refractivity contribution in [3.05, 3.63) is 35.3 Å². The highest BCUT2D eigenvalue weighted by Gasteiger charge is 2.28. The fourth-order valence-electron chi connectivity index (χ4n) is 2.69. The third-order valence-corrected chi connectivity index (χ3v) is 3.91. The Labute approximate surface area is 126 Å². The van der Waals surface area contributed by atoms with Crippen LogP contribution in [0.2, 0.25) is 0 Å². The highest BCUT2D eigenvalue weighted by molar-refractivity contribution is 6.12. The lowest BCUT2D eigenvalue weighted by molar-refractivity contribution is 0.102. The molecule has 1 saturated carbocycles. The first kappa shape index (κ1) is 13.0. The molecule has 3 aromatic rings. The number of hydrogen-bond donors (Lipinski definition) is 1. The van der Waals surface area contributed by atoms with Crippen molar-refractivity contribution < 1.29 is 9.32 Å². The van der Waals surface area contributed by atoms with Crippen LogP contribution in [0.15, 0.2) is 22.9 Å². The van der Waals surface area contributed by atoms with Crippen LogP contribution in [0.1, 0.15) is 40.5 Å². The Kier molecular flexibility index (Phi) is 2.75. The lowest BCUT2D eigenvalue weighted by Crippen LogP contribution is -2.14. The van der Waals surface area contributed by atoms with Gasteiger partial charge in [-0.3, -0.25) is 9.48 Å². The number of carbonyl (C=O) groups is 1. The Morgan fingerprint density at radius 1 is 1.45 bits per heavy atom. The first-order valence-electron chi connectivity index (χ1n) is 7.19. The molecule has 3 heterocycles. The lowest BCUT2D eigenvalue weighted by Gasteiger charge is -2.07. The molecule has 7 heteroatoms. The fraction of sp³-hybridized carbons (Fsp3) is 0.333. The molecule has 1 fully saturated rings. The molecule has 0 aliphatic heterocycles. The number of aryl methyl sites for hydroxylation is 2. The van der Waals surface area contributed by atoms with Crippen LogP contribution < -0.4 is 5.32 Å². The lowest BCUT2D eigenvalue weighted by atomic mass is 10.1. The molecule has 112 valence electrons. The van der Waals surface area contributed by atoms with Crippen LogP contribution >= 0.6 is 0 Å². The van der Waals surface area contributed by atoms with Crippen molar-refractivity contribution >= 4 is 22.8 Å². The van der Waals surface area contributed by atoms with Gasteiger partial charge in [-0.1, -0.05) is 5.16 Å². The predicted molar refractivity (Wildman–Crippen MR) is 79.7 cm³/mol. The highest BCUT2D eigenvalue weighted by Crippen LogP contribution is 2.40. The molecule has 0 bridgehead atoms. The van der Waals surface area contributed by atoms with Crippen LogP contribution in [0.3, 0.4) is 0 Å². The van der Waals surface area contributed by atoms with Crippen LogP contribution in [0.25, 0.3) is 11.0 Å². The number of fused-ring (bicyclic) bond motifs is 1. The van der Waals surface area contributed by atoms with Gasteiger partial charge >= 0.3 is 0 Å². The van der Waals surface area contributed by atoms with E-state index in [1.807, 2.05) is 20.0 Å². The Hall–Kier alpha value is -2.70. The summed E-state index contributed by atoms with van der Waals surface area (Å²) in [4.78, 5) is 17.3. The van der Waals surface area contributed by atoms with Crippen LogP contribution in [-0.4, -0.2) is 25.8 Å². The van der Waals surface area contributed by atoms with Gasteiger partial charge in [0.2, 0.25) is 0 Å². The third kappa shape index (κ3) is 2.05. The zero-order valence-corrected chi connectivity index (χ0v) is 12.3. The molecule has 1 aliphatic rings. The van der Waals surface area contributed by atoms with E-state index in [1.165, 1.54) is 6.26 Å². The SMILES string of the molecule is Cc1nn(C)c2nc(C3CC3)cc(C(=O)Nc3ccon3)c12. The summed E-state index contributed by atoms with van der Waals surface area (Å²) in [5.41, 5.74) is 3.08. The number of carbonyl (C=O) groups excluding carboxylic acids is 1. The molecule has 1 aliphatic carbocycles. The summed E-state index contributed by atoms with van der Waals surface area (Å²) < 4.78 is 6.47. The quantitative estimate of drug-likeness (QED) is 0.802. The minimum Gasteiger partial charge on any atom is -0.363 e. The van der Waals surface area contributed by atoms with E-state index in [0.717, 1.165) is 35.3 Å². The normalized spacial score (nSPS) is 14.5. The molecule has 0 saturated heterocycles. The van der Waals surface area contributed by atoms with Crippen molar-refractivity contribution in [2.45, 2.75) is 25.7 Å². The summed E-state index contributed by atoms with van der Waals surface area (Å²) in [6, 6.07) is 3.48. The van der Waals surface area contributed by atoms with Crippen molar-refractivity contribution in [2.75, 3.05) is 5.32 Å². The van der Waals surface area contributed by atoms with Crippen molar-refractivity contribution in [2.24, 2.45) is 7.05 Å². The van der Waals surface area contributed by atoms with Gasteiger partial charge in [0, 0.05) is 24.7 Å². The third-order valence-electron chi connectivity index (χ3n) is 3.91. The van der Waals surface area contributed by atoms with E-state index in [-0.39, 0.29) is 5.91 Å². The van der Waals surface area contributed by atoms with Crippen LogP contribution in [0.5, 0.6) is 0 Å². The molecule has 0 spiro atoms. The summed E-state index contributed by atoms with van der Waals surface area (Å²) in [6.45, 7) is 1.88. The monoisotopic (exact) mass is 297 g/mol. The van der Waals surface area contributed by atoms with E-state index >= 15 is 0 Å². The second-order valence-electron chi connectivity index (χ2n) is 5.62. The number of hydrogen-bond acceptors (Lipinski definition) is 5. The average Bonchev–Trinajstić information content (AvgIpc) is 3.16. The molecule has 4 rings (SSSR count). The summed E-state index contributed by atoms with van der Waals surface area (Å²) in [6.07, 6.45) is 3.67. The maximum atomic E-state index is 12.6. The van der Waals surface area contributed by atoms with E-state index in [2.05, 4.69) is 20.6 Å². The van der Waals surface area contributed by atoms with Crippen LogP contribution in [0.4, 0.5) is 5.82 Å². The number of nitrogens with zero attached hydrogens (tertiary/aromatic N) is 4. The second-order valence-corrected chi connectivity index (χ2v) is 5.62. The molecule has 22 heavy (non-hydrogen) atoms. The Morgan fingerprint density at radius 2 is 2.27 bits per heavy atom. The standard InChI is InChI=1S/C15H15N5O2/c1-8-13-10(15(21)17-12-5-6-22-19-12)7-11(9-3-4-9)16-14(13)20(2)18-8/h5-7,9H,3-4H2,1-2H3,(H,17,19,21). The number of nitrogens with one attached hydrogen (secondary N) is 1. The molecule has 0 radical (unpaired) electrons. The largest absolute Gasteiger partial charge is 0.363 e. The average molecular weight is 297 g/mol. The first-order chi connectivity index (χ1) is 10.6. The summed E-state index contributed by atoms with van der Waals surface area (Å²) in [5, 5.41) is 11.6. The molecular weight excluding hydrogens is 282 g/mol. The number of anilines is 1. The van der Waals surface area contributed by atoms with Gasteiger partial charge in [-0.15, -0.1) is 0 Å². The van der Waals surface area contributed by atoms with Crippen molar-refractivity contribution in [3.8, 4) is 0 Å². The van der Waals surface area contributed by atoms with Gasteiger partial charge in [-0.2, -0.15) is 5.10 Å². The second kappa shape index (κ2) is 4.66. The van der Waals surface area contributed by atoms with Gasteiger partial charge in [0.1, 0.15) is 6.26 Å². The number of aromatic nitrogens is 4. The molecule has 0 aromatic carbocycles. The molecule has 0 unspecified atom stereocenters. The maximum absolute atomic E-state index is 12.6. The molecular formula is C15H15N5O2. The van der Waals surface area contributed by atoms with Gasteiger partial charge in [0.05, 0.1) is 16.6 Å². The Balaban J connectivity index is 1.85. The van der Waals surface area contributed by atoms with Gasteiger partial charge < -0.3 is 9.84 Å². The zero-order valence-electron chi connectivity index (χ0n) is 12.3. The highest BCUT2D eigenvalue weighted by atomic mass is 16.5. The van der Waals surface area contributed by atoms with Crippen molar-refractivity contribution in [1.29, 1.82) is 0 Å². The number of pyridine rings is 1. The zero-order chi connectivity index (χ0) is 15.3. The molecule has 1 N–H and O–H groups in total. The van der Waals surface area contributed by atoms with Gasteiger partial charge in [-0.05, 0) is 25.8 Å². The van der Waals surface area contributed by atoms with Crippen molar-refractivity contribution in [3.63, 3.8) is 0 Å². The van der Waals surface area contributed by atoms with E-state index in [9.17, 15) is 4.79 Å². The van der Waals surface area contributed by atoms with E-state index in [0.29, 0.717) is 17.3 Å². The van der Waals surface area contributed by atoms with Gasteiger partial charge in [-0.25, -0.2) is 4.98 Å².